The Bertz CT molecular complexity index is 1450. The number of hydrogen-bond donors (Lipinski definition) is 3. The van der Waals surface area contributed by atoms with Crippen molar-refractivity contribution < 1.29 is 27.5 Å². The highest BCUT2D eigenvalue weighted by Gasteiger charge is 2.37. The molecule has 0 aliphatic carbocycles. The van der Waals surface area contributed by atoms with Crippen molar-refractivity contribution in [1.29, 1.82) is 0 Å². The van der Waals surface area contributed by atoms with Gasteiger partial charge in [-0.1, -0.05) is 13.8 Å². The summed E-state index contributed by atoms with van der Waals surface area (Å²) in [6, 6.07) is 9.26. The summed E-state index contributed by atoms with van der Waals surface area (Å²) in [7, 11) is -4.20. The number of hydrogen-bond acceptors (Lipinski definition) is 6. The zero-order valence-electron chi connectivity index (χ0n) is 21.2. The van der Waals surface area contributed by atoms with E-state index in [9.17, 15) is 28.0 Å². The number of nitrogens with zero attached hydrogens (tertiary/aromatic N) is 2. The molecular weight excluding hydrogens is 510 g/mol. The van der Waals surface area contributed by atoms with Crippen LogP contribution in [0.4, 0.5) is 0 Å². The summed E-state index contributed by atoms with van der Waals surface area (Å²) in [6.07, 6.45) is 3.74. The molecule has 3 N–H and O–H groups in total. The van der Waals surface area contributed by atoms with Crippen LogP contribution < -0.4 is 15.4 Å². The van der Waals surface area contributed by atoms with E-state index >= 15 is 0 Å². The highest BCUT2D eigenvalue weighted by Crippen LogP contribution is 2.18. The van der Waals surface area contributed by atoms with E-state index < -0.39 is 51.3 Å². The van der Waals surface area contributed by atoms with E-state index in [1.807, 2.05) is 19.9 Å². The molecule has 1 unspecified atom stereocenters. The highest BCUT2D eigenvalue weighted by molar-refractivity contribution is 7.89. The van der Waals surface area contributed by atoms with Crippen LogP contribution in [0.5, 0.6) is 0 Å². The van der Waals surface area contributed by atoms with Crippen LogP contribution >= 0.6 is 0 Å². The monoisotopic (exact) mass is 541 g/mol. The van der Waals surface area contributed by atoms with Crippen molar-refractivity contribution in [3.05, 3.63) is 65.6 Å². The Kier molecular flexibility index (Phi) is 8.12. The Morgan fingerprint density at radius 2 is 2.00 bits per heavy atom. The summed E-state index contributed by atoms with van der Waals surface area (Å²) in [4.78, 5) is 42.3. The van der Waals surface area contributed by atoms with Gasteiger partial charge in [0.15, 0.2) is 12.0 Å². The van der Waals surface area contributed by atoms with Gasteiger partial charge in [-0.3, -0.25) is 14.4 Å². The zero-order valence-corrected chi connectivity index (χ0v) is 22.0. The number of aromatic nitrogens is 2. The molecule has 0 radical (unpaired) electrons. The second-order valence-electron chi connectivity index (χ2n) is 9.81. The Balaban J connectivity index is 1.45. The molecule has 202 valence electrons. The number of Topliss-reactive ketones (excluding diaryl/α,β-unsaturated/α-hetero) is 1. The van der Waals surface area contributed by atoms with Crippen LogP contribution in [0.2, 0.25) is 0 Å². The van der Waals surface area contributed by atoms with Crippen molar-refractivity contribution in [2.75, 3.05) is 13.1 Å². The molecule has 3 aromatic rings. The maximum Gasteiger partial charge on any atom is 0.323 e. The Morgan fingerprint density at radius 3 is 2.74 bits per heavy atom. The number of amides is 2. The van der Waals surface area contributed by atoms with Gasteiger partial charge in [0.2, 0.25) is 5.91 Å². The summed E-state index contributed by atoms with van der Waals surface area (Å²) in [6.45, 7) is 3.40. The zero-order chi connectivity index (χ0) is 27.4. The Morgan fingerprint density at radius 1 is 1.21 bits per heavy atom. The molecular formula is C26H31N5O6S. The smallest absolute Gasteiger partial charge is 0.323 e. The Hall–Kier alpha value is -3.77. The normalized spacial score (nSPS) is 17.8. The standard InChI is InChI=1S/C26H31N5O6S/c1-17(2)14-22(29-25(33)19-8-9-20-18(15-19)10-11-27-20)26(34)28-21-6-5-12-30(16-23(21)32)38(36,37)24-7-3-4-13-31(24)35/h3-4,7-11,13,15,17,21-22,27H,5-6,12,14,16H2,1-2H3,(H,28,34)(H,29,33)/t21-,22?/m0/s1. The predicted octanol–water partition coefficient (Wildman–Crippen LogP) is 1.48. The number of pyridine rings is 1. The van der Waals surface area contributed by atoms with Crippen molar-refractivity contribution >= 4 is 38.5 Å². The first-order valence-corrected chi connectivity index (χ1v) is 13.9. The number of ketones is 1. The third-order valence-corrected chi connectivity index (χ3v) is 8.31. The van der Waals surface area contributed by atoms with Crippen LogP contribution in [0.25, 0.3) is 10.9 Å². The first-order chi connectivity index (χ1) is 18.1. The topological polar surface area (TPSA) is 155 Å². The number of carbonyl (C=O) groups is 3. The fraction of sp³-hybridized carbons (Fsp3) is 0.385. The van der Waals surface area contributed by atoms with Crippen molar-refractivity contribution in [3.63, 3.8) is 0 Å². The molecule has 1 fully saturated rings. The number of aromatic amines is 1. The maximum atomic E-state index is 13.2. The van der Waals surface area contributed by atoms with Gasteiger partial charge in [0.25, 0.3) is 5.91 Å². The van der Waals surface area contributed by atoms with E-state index in [0.29, 0.717) is 18.4 Å². The number of carbonyl (C=O) groups excluding carboxylic acids is 3. The lowest BCUT2D eigenvalue weighted by molar-refractivity contribution is -0.646. The Labute approximate surface area is 220 Å². The minimum Gasteiger partial charge on any atom is -0.618 e. The summed E-state index contributed by atoms with van der Waals surface area (Å²) in [5.41, 5.74) is 1.29. The first-order valence-electron chi connectivity index (χ1n) is 12.5. The van der Waals surface area contributed by atoms with Gasteiger partial charge < -0.3 is 20.8 Å². The third kappa shape index (κ3) is 6.03. The van der Waals surface area contributed by atoms with Gasteiger partial charge in [-0.25, -0.2) is 8.42 Å². The van der Waals surface area contributed by atoms with Crippen LogP contribution in [0.15, 0.2) is 59.9 Å². The lowest BCUT2D eigenvalue weighted by Gasteiger charge is -2.23. The molecule has 1 saturated heterocycles. The first kappa shape index (κ1) is 27.3. The lowest BCUT2D eigenvalue weighted by Crippen LogP contribution is -2.52. The summed E-state index contributed by atoms with van der Waals surface area (Å²) < 4.78 is 27.2. The van der Waals surface area contributed by atoms with Crippen LogP contribution in [0.1, 0.15) is 43.5 Å². The van der Waals surface area contributed by atoms with E-state index in [4.69, 9.17) is 0 Å². The third-order valence-electron chi connectivity index (χ3n) is 6.47. The van der Waals surface area contributed by atoms with Crippen LogP contribution in [0, 0.1) is 11.1 Å². The second-order valence-corrected chi connectivity index (χ2v) is 11.7. The van der Waals surface area contributed by atoms with E-state index in [-0.39, 0.29) is 23.6 Å². The fourth-order valence-corrected chi connectivity index (χ4v) is 5.98. The predicted molar refractivity (Wildman–Crippen MR) is 139 cm³/mol. The molecule has 12 heteroatoms. The molecule has 1 aliphatic rings. The SMILES string of the molecule is CC(C)CC(NC(=O)c1ccc2[nH]ccc2c1)C(=O)N[C@H]1CCCN(S(=O)(=O)c2cccc[n+]2[O-])CC1=O. The molecule has 1 aromatic carbocycles. The van der Waals surface area contributed by atoms with Crippen LogP contribution in [-0.2, 0) is 19.6 Å². The molecule has 0 spiro atoms. The largest absolute Gasteiger partial charge is 0.618 e. The molecule has 1 aliphatic heterocycles. The van der Waals surface area contributed by atoms with Gasteiger partial charge in [0.1, 0.15) is 6.04 Å². The summed E-state index contributed by atoms with van der Waals surface area (Å²) >= 11 is 0. The van der Waals surface area contributed by atoms with Gasteiger partial charge in [0.05, 0.1) is 12.6 Å². The van der Waals surface area contributed by atoms with Crippen molar-refractivity contribution in [1.82, 2.24) is 19.9 Å². The molecule has 4 rings (SSSR count). The molecule has 0 bridgehead atoms. The van der Waals surface area contributed by atoms with Crippen molar-refractivity contribution in [2.45, 2.75) is 50.2 Å². The van der Waals surface area contributed by atoms with Crippen LogP contribution in [-0.4, -0.2) is 60.5 Å². The number of fused-ring (bicyclic) bond motifs is 1. The van der Waals surface area contributed by atoms with Gasteiger partial charge in [-0.2, -0.15) is 9.04 Å². The van der Waals surface area contributed by atoms with Gasteiger partial charge in [-0.05, 0) is 55.5 Å². The number of benzene rings is 1. The average Bonchev–Trinajstić information content (AvgIpc) is 3.26. The molecule has 2 amide bonds. The number of nitrogens with one attached hydrogen (secondary N) is 3. The minimum absolute atomic E-state index is 0.0309. The van der Waals surface area contributed by atoms with Gasteiger partial charge in [0, 0.05) is 41.3 Å². The second kappa shape index (κ2) is 11.3. The van der Waals surface area contributed by atoms with E-state index in [0.717, 1.165) is 21.4 Å². The van der Waals surface area contributed by atoms with Gasteiger partial charge in [-0.15, -0.1) is 0 Å². The van der Waals surface area contributed by atoms with Crippen LogP contribution in [0.3, 0.4) is 0 Å². The van der Waals surface area contributed by atoms with Crippen molar-refractivity contribution in [2.24, 2.45) is 5.92 Å². The van der Waals surface area contributed by atoms with Crippen molar-refractivity contribution in [3.8, 4) is 0 Å². The van der Waals surface area contributed by atoms with E-state index in [1.165, 1.54) is 18.2 Å². The molecule has 2 atom stereocenters. The fourth-order valence-electron chi connectivity index (χ4n) is 4.51. The van der Waals surface area contributed by atoms with Gasteiger partial charge >= 0.3 is 15.0 Å². The number of rotatable bonds is 8. The quantitative estimate of drug-likeness (QED) is 0.290. The maximum absolute atomic E-state index is 13.2. The lowest BCUT2D eigenvalue weighted by atomic mass is 10.0. The molecule has 3 heterocycles. The number of H-pyrrole nitrogens is 1. The summed E-state index contributed by atoms with van der Waals surface area (Å²) in [5, 5.41) is 17.9. The molecule has 0 saturated carbocycles. The number of sulfonamides is 1. The highest BCUT2D eigenvalue weighted by atomic mass is 32.2. The molecule has 2 aromatic heterocycles. The minimum atomic E-state index is -4.20. The van der Waals surface area contributed by atoms with E-state index in [1.54, 1.807) is 24.4 Å². The van der Waals surface area contributed by atoms with E-state index in [2.05, 4.69) is 15.6 Å². The molecule has 11 nitrogen and oxygen atoms in total. The summed E-state index contributed by atoms with van der Waals surface area (Å²) in [5.74, 6) is -1.33. The average molecular weight is 542 g/mol. The molecule has 38 heavy (non-hydrogen) atoms.